The van der Waals surface area contributed by atoms with Crippen molar-refractivity contribution in [2.45, 2.75) is 33.3 Å². The normalized spacial score (nSPS) is 15.1. The zero-order valence-electron chi connectivity index (χ0n) is 6.52. The van der Waals surface area contributed by atoms with Gasteiger partial charge in [-0.05, 0) is 11.8 Å². The number of hydrogen-bond donors (Lipinski definition) is 1. The minimum absolute atomic E-state index is 0.00576. The third-order valence-corrected chi connectivity index (χ3v) is 1.39. The number of rotatable bonds is 2. The summed E-state index contributed by atoms with van der Waals surface area (Å²) in [6.45, 7) is 9.60. The summed E-state index contributed by atoms with van der Waals surface area (Å²) in [4.78, 5) is 0. The fourth-order valence-corrected chi connectivity index (χ4v) is 0.511. The summed E-state index contributed by atoms with van der Waals surface area (Å²) in [7, 11) is 0. The van der Waals surface area contributed by atoms with Gasteiger partial charge in [0.2, 0.25) is 0 Å². The van der Waals surface area contributed by atoms with Crippen LogP contribution in [0.25, 0.3) is 0 Å². The largest absolute Gasteiger partial charge is 0.392 e. The smallest absolute Gasteiger partial charge is 0.0622 e. The summed E-state index contributed by atoms with van der Waals surface area (Å²) in [5.41, 5.74) is -0.00576. The molecule has 0 aliphatic rings. The Morgan fingerprint density at radius 1 is 1.56 bits per heavy atom. The molecular weight excluding hydrogens is 112 g/mol. The van der Waals surface area contributed by atoms with Crippen LogP contribution in [-0.2, 0) is 0 Å². The first kappa shape index (κ1) is 8.70. The van der Waals surface area contributed by atoms with Crippen molar-refractivity contribution in [1.82, 2.24) is 0 Å². The average molecular weight is 128 g/mol. The Morgan fingerprint density at radius 3 is 2.11 bits per heavy atom. The van der Waals surface area contributed by atoms with Crippen LogP contribution >= 0.6 is 0 Å². The molecule has 0 heterocycles. The summed E-state index contributed by atoms with van der Waals surface area (Å²) in [6.07, 6.45) is 2.18. The van der Waals surface area contributed by atoms with E-state index in [0.29, 0.717) is 6.42 Å². The quantitative estimate of drug-likeness (QED) is 0.564. The molecule has 1 unspecified atom stereocenters. The Kier molecular flexibility index (Phi) is 2.92. The van der Waals surface area contributed by atoms with Crippen molar-refractivity contribution >= 4 is 0 Å². The van der Waals surface area contributed by atoms with E-state index in [0.717, 1.165) is 0 Å². The molecule has 54 valence electrons. The van der Waals surface area contributed by atoms with Crippen LogP contribution in [-0.4, -0.2) is 11.2 Å². The zero-order valence-corrected chi connectivity index (χ0v) is 6.52. The van der Waals surface area contributed by atoms with Gasteiger partial charge < -0.3 is 5.11 Å². The van der Waals surface area contributed by atoms with E-state index in [1.807, 2.05) is 20.8 Å². The second-order valence-electron chi connectivity index (χ2n) is 3.41. The fourth-order valence-electron chi connectivity index (χ4n) is 0.511. The maximum Gasteiger partial charge on any atom is 0.0622 e. The molecule has 0 aromatic heterocycles. The van der Waals surface area contributed by atoms with E-state index in [-0.39, 0.29) is 11.5 Å². The highest BCUT2D eigenvalue weighted by molar-refractivity contribution is 4.80. The molecule has 0 radical (unpaired) electrons. The lowest BCUT2D eigenvalue weighted by Gasteiger charge is -2.24. The van der Waals surface area contributed by atoms with E-state index in [4.69, 9.17) is 0 Å². The van der Waals surface area contributed by atoms with Crippen molar-refractivity contribution in [1.29, 1.82) is 0 Å². The van der Waals surface area contributed by atoms with Gasteiger partial charge in [-0.15, -0.1) is 6.58 Å². The summed E-state index contributed by atoms with van der Waals surface area (Å²) < 4.78 is 0. The molecule has 0 spiro atoms. The number of aliphatic hydroxyl groups is 1. The van der Waals surface area contributed by atoms with Gasteiger partial charge in [-0.1, -0.05) is 26.8 Å². The molecule has 1 nitrogen and oxygen atoms in total. The Labute approximate surface area is 57.4 Å². The van der Waals surface area contributed by atoms with Crippen LogP contribution in [0.15, 0.2) is 12.7 Å². The van der Waals surface area contributed by atoms with Crippen LogP contribution in [0.2, 0.25) is 0 Å². The van der Waals surface area contributed by atoms with Crippen LogP contribution in [0.5, 0.6) is 0 Å². The first-order valence-electron chi connectivity index (χ1n) is 3.27. The lowest BCUT2D eigenvalue weighted by atomic mass is 9.87. The van der Waals surface area contributed by atoms with Crippen LogP contribution in [0.1, 0.15) is 27.2 Å². The van der Waals surface area contributed by atoms with Crippen LogP contribution in [0.3, 0.4) is 0 Å². The minimum Gasteiger partial charge on any atom is -0.392 e. The second-order valence-corrected chi connectivity index (χ2v) is 3.41. The van der Waals surface area contributed by atoms with Gasteiger partial charge in [0, 0.05) is 0 Å². The predicted octanol–water partition coefficient (Wildman–Crippen LogP) is 1.97. The minimum atomic E-state index is -0.255. The van der Waals surface area contributed by atoms with Crippen LogP contribution in [0.4, 0.5) is 0 Å². The molecule has 0 fully saturated rings. The molecule has 0 saturated heterocycles. The molecule has 0 aromatic carbocycles. The molecule has 0 rings (SSSR count). The average Bonchev–Trinajstić information content (AvgIpc) is 1.64. The van der Waals surface area contributed by atoms with Crippen LogP contribution < -0.4 is 0 Å². The summed E-state index contributed by atoms with van der Waals surface area (Å²) in [6, 6.07) is 0. The third-order valence-electron chi connectivity index (χ3n) is 1.39. The molecule has 0 aromatic rings. The Bertz CT molecular complexity index is 89.2. The number of hydrogen-bond acceptors (Lipinski definition) is 1. The molecule has 0 amide bonds. The maximum atomic E-state index is 9.31. The first-order chi connectivity index (χ1) is 3.98. The van der Waals surface area contributed by atoms with E-state index >= 15 is 0 Å². The Hall–Kier alpha value is -0.300. The lowest BCUT2D eigenvalue weighted by Crippen LogP contribution is -2.24. The standard InChI is InChI=1S/C8H16O/c1-5-6-7(9)8(2,3)4/h5,7,9H,1,6H2,2-4H3. The predicted molar refractivity (Wildman–Crippen MR) is 40.3 cm³/mol. The molecule has 1 atom stereocenters. The maximum absolute atomic E-state index is 9.31. The first-order valence-corrected chi connectivity index (χ1v) is 3.27. The molecule has 0 bridgehead atoms. The van der Waals surface area contributed by atoms with Gasteiger partial charge in [0.25, 0.3) is 0 Å². The van der Waals surface area contributed by atoms with Gasteiger partial charge in [-0.3, -0.25) is 0 Å². The summed E-state index contributed by atoms with van der Waals surface area (Å²) in [5, 5.41) is 9.31. The number of aliphatic hydroxyl groups excluding tert-OH is 1. The van der Waals surface area contributed by atoms with Crippen molar-refractivity contribution in [3.8, 4) is 0 Å². The second kappa shape index (κ2) is 3.02. The molecular formula is C8H16O. The van der Waals surface area contributed by atoms with E-state index in [1.54, 1.807) is 6.08 Å². The Morgan fingerprint density at radius 2 is 2.00 bits per heavy atom. The highest BCUT2D eigenvalue weighted by Gasteiger charge is 2.19. The van der Waals surface area contributed by atoms with Crippen molar-refractivity contribution in [3.63, 3.8) is 0 Å². The molecule has 0 aliphatic carbocycles. The summed E-state index contributed by atoms with van der Waals surface area (Å²) in [5.74, 6) is 0. The third kappa shape index (κ3) is 3.31. The Balaban J connectivity index is 3.72. The molecule has 0 aliphatic heterocycles. The highest BCUT2D eigenvalue weighted by atomic mass is 16.3. The lowest BCUT2D eigenvalue weighted by molar-refractivity contribution is 0.0660. The zero-order chi connectivity index (χ0) is 7.49. The van der Waals surface area contributed by atoms with Gasteiger partial charge in [0.1, 0.15) is 0 Å². The topological polar surface area (TPSA) is 20.2 Å². The van der Waals surface area contributed by atoms with Crippen molar-refractivity contribution < 1.29 is 5.11 Å². The van der Waals surface area contributed by atoms with Gasteiger partial charge >= 0.3 is 0 Å². The van der Waals surface area contributed by atoms with Crippen molar-refractivity contribution in [2.24, 2.45) is 5.41 Å². The van der Waals surface area contributed by atoms with Gasteiger partial charge in [-0.2, -0.15) is 0 Å². The SMILES string of the molecule is C=CCC(O)C(C)(C)C. The molecule has 9 heavy (non-hydrogen) atoms. The van der Waals surface area contributed by atoms with E-state index in [2.05, 4.69) is 6.58 Å². The van der Waals surface area contributed by atoms with Crippen molar-refractivity contribution in [3.05, 3.63) is 12.7 Å². The molecule has 1 N–H and O–H groups in total. The van der Waals surface area contributed by atoms with Crippen LogP contribution in [0, 0.1) is 5.41 Å². The fraction of sp³-hybridized carbons (Fsp3) is 0.750. The highest BCUT2D eigenvalue weighted by Crippen LogP contribution is 2.21. The summed E-state index contributed by atoms with van der Waals surface area (Å²) >= 11 is 0. The van der Waals surface area contributed by atoms with E-state index in [1.165, 1.54) is 0 Å². The molecule has 0 saturated carbocycles. The van der Waals surface area contributed by atoms with Crippen molar-refractivity contribution in [2.75, 3.05) is 0 Å². The van der Waals surface area contributed by atoms with Gasteiger partial charge in [-0.25, -0.2) is 0 Å². The monoisotopic (exact) mass is 128 g/mol. The van der Waals surface area contributed by atoms with E-state index in [9.17, 15) is 5.11 Å². The van der Waals surface area contributed by atoms with Gasteiger partial charge in [0.15, 0.2) is 0 Å². The molecule has 1 heteroatoms. The van der Waals surface area contributed by atoms with E-state index < -0.39 is 0 Å². The van der Waals surface area contributed by atoms with Gasteiger partial charge in [0.05, 0.1) is 6.10 Å².